The van der Waals surface area contributed by atoms with E-state index in [2.05, 4.69) is 16.5 Å². The lowest BCUT2D eigenvalue weighted by Crippen LogP contribution is -2.41. The van der Waals surface area contributed by atoms with Crippen LogP contribution < -0.4 is 5.11 Å². The molecule has 0 heterocycles. The number of hydrogen-bond acceptors (Lipinski definition) is 4. The molecule has 0 spiro atoms. The maximum atomic E-state index is 10.9. The van der Waals surface area contributed by atoms with Crippen LogP contribution in [-0.4, -0.2) is 87.2 Å². The number of aliphatic hydroxyl groups excluding tert-OH is 1. The zero-order chi connectivity index (χ0) is 17.1. The SMILES string of the molecule is C=C(C)C([O-])=NCCCN(C)C.C[N+](C)(C)CC(O)CCl. The molecule has 126 valence electrons. The van der Waals surface area contributed by atoms with Crippen molar-refractivity contribution < 1.29 is 14.7 Å². The smallest absolute Gasteiger partial charge is 0.116 e. The Morgan fingerprint density at radius 2 is 1.90 bits per heavy atom. The average Bonchev–Trinajstić information content (AvgIpc) is 2.32. The fraction of sp³-hybridized carbons (Fsp3) is 0.800. The Morgan fingerprint density at radius 3 is 2.19 bits per heavy atom. The lowest BCUT2D eigenvalue weighted by atomic mass is 10.3. The minimum Gasteiger partial charge on any atom is -0.859 e. The summed E-state index contributed by atoms with van der Waals surface area (Å²) in [5.74, 6) is 0.156. The highest BCUT2D eigenvalue weighted by atomic mass is 35.5. The van der Waals surface area contributed by atoms with Crippen molar-refractivity contribution in [2.45, 2.75) is 19.4 Å². The van der Waals surface area contributed by atoms with Gasteiger partial charge in [0.15, 0.2) is 0 Å². The summed E-state index contributed by atoms with van der Waals surface area (Å²) in [6.07, 6.45) is 0.554. The van der Waals surface area contributed by atoms with Crippen LogP contribution in [0.1, 0.15) is 13.3 Å². The van der Waals surface area contributed by atoms with Crippen molar-refractivity contribution in [1.82, 2.24) is 4.90 Å². The monoisotopic (exact) mass is 321 g/mol. The Kier molecular flexibility index (Phi) is 12.9. The summed E-state index contributed by atoms with van der Waals surface area (Å²) in [4.78, 5) is 5.90. The molecule has 1 N–H and O–H groups in total. The molecule has 21 heavy (non-hydrogen) atoms. The van der Waals surface area contributed by atoms with Crippen molar-refractivity contribution >= 4 is 17.5 Å². The first kappa shape index (κ1) is 22.7. The average molecular weight is 322 g/mol. The normalized spacial score (nSPS) is 13.7. The molecule has 1 atom stereocenters. The fourth-order valence-corrected chi connectivity index (χ4v) is 1.48. The van der Waals surface area contributed by atoms with E-state index < -0.39 is 0 Å². The molecular formula is C15H32ClN3O2. The van der Waals surface area contributed by atoms with Crippen molar-refractivity contribution in [3.63, 3.8) is 0 Å². The van der Waals surface area contributed by atoms with Gasteiger partial charge in [0, 0.05) is 6.54 Å². The predicted octanol–water partition coefficient (Wildman–Crippen LogP) is 0.565. The molecule has 0 fully saturated rings. The summed E-state index contributed by atoms with van der Waals surface area (Å²) in [6.45, 7) is 7.47. The second kappa shape index (κ2) is 12.0. The van der Waals surface area contributed by atoms with Crippen LogP contribution in [0, 0.1) is 0 Å². The van der Waals surface area contributed by atoms with E-state index in [-0.39, 0.29) is 12.0 Å². The second-order valence-corrected chi connectivity index (χ2v) is 6.71. The summed E-state index contributed by atoms with van der Waals surface area (Å²) >= 11 is 5.40. The molecule has 0 aromatic carbocycles. The van der Waals surface area contributed by atoms with Gasteiger partial charge < -0.3 is 24.6 Å². The highest BCUT2D eigenvalue weighted by Crippen LogP contribution is 1.95. The molecule has 0 aliphatic carbocycles. The van der Waals surface area contributed by atoms with Crippen molar-refractivity contribution in [2.75, 3.05) is 60.8 Å². The topological polar surface area (TPSA) is 58.9 Å². The minimum absolute atomic E-state index is 0.172. The lowest BCUT2D eigenvalue weighted by molar-refractivity contribution is -0.873. The van der Waals surface area contributed by atoms with E-state index in [4.69, 9.17) is 16.7 Å². The van der Waals surface area contributed by atoms with Crippen LogP contribution >= 0.6 is 11.6 Å². The van der Waals surface area contributed by atoms with Gasteiger partial charge in [0.05, 0.1) is 27.0 Å². The molecule has 0 aliphatic rings. The van der Waals surface area contributed by atoms with Gasteiger partial charge >= 0.3 is 0 Å². The fourth-order valence-electron chi connectivity index (χ4n) is 1.38. The maximum absolute atomic E-state index is 10.9. The van der Waals surface area contributed by atoms with Crippen LogP contribution in [0.15, 0.2) is 17.1 Å². The van der Waals surface area contributed by atoms with E-state index in [0.29, 0.717) is 24.5 Å². The van der Waals surface area contributed by atoms with Gasteiger partial charge in [0.25, 0.3) is 0 Å². The van der Waals surface area contributed by atoms with Gasteiger partial charge in [-0.1, -0.05) is 6.58 Å². The summed E-state index contributed by atoms with van der Waals surface area (Å²) in [6, 6.07) is 0. The van der Waals surface area contributed by atoms with Gasteiger partial charge in [0.1, 0.15) is 12.6 Å². The quantitative estimate of drug-likeness (QED) is 0.234. The molecule has 0 aliphatic heterocycles. The van der Waals surface area contributed by atoms with Crippen LogP contribution in [0.5, 0.6) is 0 Å². The third-order valence-electron chi connectivity index (χ3n) is 2.32. The van der Waals surface area contributed by atoms with Crippen LogP contribution in [0.3, 0.4) is 0 Å². The number of aliphatic imine (C=N–C) groups is 1. The van der Waals surface area contributed by atoms with Crippen molar-refractivity contribution in [1.29, 1.82) is 0 Å². The van der Waals surface area contributed by atoms with E-state index >= 15 is 0 Å². The highest BCUT2D eigenvalue weighted by Gasteiger charge is 2.13. The third-order valence-corrected chi connectivity index (χ3v) is 2.68. The number of quaternary nitrogens is 1. The van der Waals surface area contributed by atoms with Gasteiger partial charge in [-0.15, -0.1) is 11.6 Å². The molecule has 0 rings (SSSR count). The first-order valence-electron chi connectivity index (χ1n) is 7.06. The standard InChI is InChI=1S/C9H18N2O.C6H15ClNO/c1-8(2)9(12)10-6-5-7-11(3)4;1-8(2,3)5-6(9)4-7/h1,5-7H2,2-4H3,(H,10,12);6,9H,4-5H2,1-3H3/q;+1/p-1. The van der Waals surface area contributed by atoms with Gasteiger partial charge in [-0.2, -0.15) is 0 Å². The van der Waals surface area contributed by atoms with Crippen LogP contribution in [0.2, 0.25) is 0 Å². The van der Waals surface area contributed by atoms with E-state index in [1.54, 1.807) is 6.92 Å². The van der Waals surface area contributed by atoms with Crippen molar-refractivity contribution in [3.05, 3.63) is 12.2 Å². The largest absolute Gasteiger partial charge is 0.859 e. The number of aliphatic hydroxyl groups is 1. The van der Waals surface area contributed by atoms with E-state index in [1.165, 1.54) is 0 Å². The molecule has 0 amide bonds. The zero-order valence-corrected chi connectivity index (χ0v) is 15.2. The first-order valence-corrected chi connectivity index (χ1v) is 7.59. The van der Waals surface area contributed by atoms with Crippen LogP contribution in [0.4, 0.5) is 0 Å². The molecule has 0 aromatic rings. The zero-order valence-electron chi connectivity index (χ0n) is 14.4. The van der Waals surface area contributed by atoms with E-state index in [1.807, 2.05) is 35.2 Å². The summed E-state index contributed by atoms with van der Waals surface area (Å²) in [7, 11) is 10.1. The summed E-state index contributed by atoms with van der Waals surface area (Å²) in [5, 5.41) is 20.0. The lowest BCUT2D eigenvalue weighted by Gasteiger charge is -2.25. The Balaban J connectivity index is 0. The molecule has 0 saturated heterocycles. The molecule has 1 unspecified atom stereocenters. The summed E-state index contributed by atoms with van der Waals surface area (Å²) in [5.41, 5.74) is 0.514. The van der Waals surface area contributed by atoms with Gasteiger partial charge in [-0.3, -0.25) is 0 Å². The van der Waals surface area contributed by atoms with E-state index in [0.717, 1.165) is 17.4 Å². The van der Waals surface area contributed by atoms with Crippen LogP contribution in [-0.2, 0) is 0 Å². The number of halogens is 1. The Morgan fingerprint density at radius 1 is 1.38 bits per heavy atom. The van der Waals surface area contributed by atoms with Gasteiger partial charge in [-0.25, -0.2) is 0 Å². The Labute approximate surface area is 135 Å². The maximum Gasteiger partial charge on any atom is 0.116 e. The van der Waals surface area contributed by atoms with Crippen LogP contribution in [0.25, 0.3) is 0 Å². The number of hydrogen-bond donors (Lipinski definition) is 1. The van der Waals surface area contributed by atoms with Gasteiger partial charge in [0.2, 0.25) is 0 Å². The molecule has 5 nitrogen and oxygen atoms in total. The molecule has 0 radical (unpaired) electrons. The third kappa shape index (κ3) is 19.4. The molecule has 0 saturated carbocycles. The van der Waals surface area contributed by atoms with Crippen molar-refractivity contribution in [3.8, 4) is 0 Å². The molecule has 0 aromatic heterocycles. The number of nitrogens with zero attached hydrogens (tertiary/aromatic N) is 3. The first-order chi connectivity index (χ1) is 9.49. The molecular weight excluding hydrogens is 290 g/mol. The second-order valence-electron chi connectivity index (χ2n) is 6.41. The van der Waals surface area contributed by atoms with Crippen molar-refractivity contribution in [2.24, 2.45) is 4.99 Å². The minimum atomic E-state index is -0.369. The highest BCUT2D eigenvalue weighted by molar-refractivity contribution is 6.18. The number of rotatable bonds is 8. The molecule has 0 bridgehead atoms. The Bertz CT molecular complexity index is 313. The van der Waals surface area contributed by atoms with Gasteiger partial charge in [-0.05, 0) is 45.5 Å². The number of likely N-dealkylation sites (N-methyl/N-ethyl adjacent to an activating group) is 1. The predicted molar refractivity (Wildman–Crippen MR) is 89.9 cm³/mol. The molecule has 6 heteroatoms. The number of alkyl halides is 1. The summed E-state index contributed by atoms with van der Waals surface area (Å²) < 4.78 is 0.758. The Hall–Kier alpha value is -0.620. The van der Waals surface area contributed by atoms with E-state index in [9.17, 15) is 5.11 Å².